The Labute approximate surface area is 216 Å². The second-order valence-electron chi connectivity index (χ2n) is 6.69. The standard InChI is InChI=1S/C20H12Br2ClF3N4O3S/c1-32-12-5-10(13(33-2)4-9(12)23)28-19(31)17-16(22)18-27-11(14-3-8(21)7-34-14)6-15(20(24,25)26)30(18)29-17/h3-7H,1-2H3,(H,28,31). The molecular formula is C20H12Br2ClF3N4O3S. The second kappa shape index (κ2) is 9.36. The van der Waals surface area contributed by atoms with E-state index in [0.717, 1.165) is 6.07 Å². The van der Waals surface area contributed by atoms with E-state index in [2.05, 4.69) is 47.3 Å². The van der Waals surface area contributed by atoms with Crippen molar-refractivity contribution in [2.24, 2.45) is 0 Å². The molecule has 4 rings (SSSR count). The normalized spacial score (nSPS) is 11.6. The second-order valence-corrected chi connectivity index (χ2v) is 9.72. The Kier molecular flexibility index (Phi) is 6.82. The number of amides is 1. The van der Waals surface area contributed by atoms with E-state index in [1.807, 2.05) is 0 Å². The molecule has 0 bridgehead atoms. The number of hydrogen-bond acceptors (Lipinski definition) is 6. The molecule has 0 radical (unpaired) electrons. The van der Waals surface area contributed by atoms with E-state index in [9.17, 15) is 18.0 Å². The van der Waals surface area contributed by atoms with Gasteiger partial charge in [-0.25, -0.2) is 9.50 Å². The zero-order valence-electron chi connectivity index (χ0n) is 17.1. The van der Waals surface area contributed by atoms with E-state index in [4.69, 9.17) is 21.1 Å². The predicted molar refractivity (Wildman–Crippen MR) is 129 cm³/mol. The highest BCUT2D eigenvalue weighted by Gasteiger charge is 2.37. The van der Waals surface area contributed by atoms with Crippen LogP contribution in [0.25, 0.3) is 16.2 Å². The summed E-state index contributed by atoms with van der Waals surface area (Å²) in [4.78, 5) is 17.8. The number of halogens is 6. The summed E-state index contributed by atoms with van der Waals surface area (Å²) in [5.74, 6) is -0.313. The fourth-order valence-corrected chi connectivity index (χ4v) is 5.19. The van der Waals surface area contributed by atoms with Crippen LogP contribution >= 0.6 is 54.8 Å². The van der Waals surface area contributed by atoms with Gasteiger partial charge in [-0.2, -0.15) is 18.3 Å². The smallest absolute Gasteiger partial charge is 0.433 e. The summed E-state index contributed by atoms with van der Waals surface area (Å²) < 4.78 is 53.3. The number of thiophene rings is 1. The van der Waals surface area contributed by atoms with E-state index in [1.165, 1.54) is 37.7 Å². The SMILES string of the molecule is COc1cc(NC(=O)c2nn3c(C(F)(F)F)cc(-c4cc(Br)cs4)nc3c2Br)c(OC)cc1Cl. The summed E-state index contributed by atoms with van der Waals surface area (Å²) in [5.41, 5.74) is -1.28. The molecule has 178 valence electrons. The maximum absolute atomic E-state index is 13.9. The number of ether oxygens (including phenoxy) is 2. The monoisotopic (exact) mass is 638 g/mol. The van der Waals surface area contributed by atoms with Gasteiger partial charge in [0.1, 0.15) is 11.5 Å². The van der Waals surface area contributed by atoms with Gasteiger partial charge < -0.3 is 14.8 Å². The number of carbonyl (C=O) groups excluding carboxylic acids is 1. The zero-order valence-corrected chi connectivity index (χ0v) is 21.9. The Morgan fingerprint density at radius 1 is 1.15 bits per heavy atom. The van der Waals surface area contributed by atoms with Crippen LogP contribution in [0.3, 0.4) is 0 Å². The van der Waals surface area contributed by atoms with E-state index < -0.39 is 17.8 Å². The third-order valence-electron chi connectivity index (χ3n) is 4.58. The maximum atomic E-state index is 13.9. The van der Waals surface area contributed by atoms with Crippen LogP contribution in [0.4, 0.5) is 18.9 Å². The Morgan fingerprint density at radius 2 is 1.85 bits per heavy atom. The summed E-state index contributed by atoms with van der Waals surface area (Å²) in [6.07, 6.45) is -4.75. The molecule has 34 heavy (non-hydrogen) atoms. The van der Waals surface area contributed by atoms with Crippen molar-refractivity contribution in [1.29, 1.82) is 0 Å². The molecule has 0 saturated carbocycles. The van der Waals surface area contributed by atoms with Crippen molar-refractivity contribution in [3.63, 3.8) is 0 Å². The van der Waals surface area contributed by atoms with Gasteiger partial charge in [-0.05, 0) is 44.0 Å². The minimum atomic E-state index is -4.75. The predicted octanol–water partition coefficient (Wildman–Crippen LogP) is 6.92. The number of alkyl halides is 3. The minimum Gasteiger partial charge on any atom is -0.495 e. The topological polar surface area (TPSA) is 77.8 Å². The molecule has 3 aromatic heterocycles. The van der Waals surface area contributed by atoms with Crippen LogP contribution < -0.4 is 14.8 Å². The van der Waals surface area contributed by atoms with Crippen LogP contribution in [0.15, 0.2) is 38.6 Å². The summed E-state index contributed by atoms with van der Waals surface area (Å²) in [6.45, 7) is 0. The number of nitrogens with zero attached hydrogens (tertiary/aromatic N) is 3. The average Bonchev–Trinajstić information content (AvgIpc) is 3.36. The molecule has 14 heteroatoms. The fraction of sp³-hybridized carbons (Fsp3) is 0.150. The molecule has 0 aliphatic heterocycles. The minimum absolute atomic E-state index is 0.00660. The lowest BCUT2D eigenvalue weighted by molar-refractivity contribution is -0.142. The first kappa shape index (κ1) is 24.8. The van der Waals surface area contributed by atoms with Gasteiger partial charge in [0.15, 0.2) is 17.0 Å². The largest absolute Gasteiger partial charge is 0.495 e. The summed E-state index contributed by atoms with van der Waals surface area (Å²) in [5, 5.41) is 8.45. The number of nitrogens with one attached hydrogen (secondary N) is 1. The number of anilines is 1. The Morgan fingerprint density at radius 3 is 2.44 bits per heavy atom. The lowest BCUT2D eigenvalue weighted by atomic mass is 10.2. The summed E-state index contributed by atoms with van der Waals surface area (Å²) in [7, 11) is 2.77. The number of carbonyl (C=O) groups is 1. The third-order valence-corrected chi connectivity index (χ3v) is 7.32. The molecule has 0 saturated heterocycles. The van der Waals surface area contributed by atoms with Gasteiger partial charge in [0.2, 0.25) is 0 Å². The summed E-state index contributed by atoms with van der Waals surface area (Å²) >= 11 is 13.8. The first-order valence-corrected chi connectivity index (χ1v) is 12.0. The molecule has 4 aromatic rings. The lowest BCUT2D eigenvalue weighted by Gasteiger charge is -2.12. The number of fused-ring (bicyclic) bond motifs is 1. The molecule has 0 spiro atoms. The average molecular weight is 641 g/mol. The van der Waals surface area contributed by atoms with Crippen LogP contribution in [-0.2, 0) is 6.18 Å². The van der Waals surface area contributed by atoms with Gasteiger partial charge in [0, 0.05) is 22.0 Å². The van der Waals surface area contributed by atoms with Crippen molar-refractivity contribution >= 4 is 72.0 Å². The van der Waals surface area contributed by atoms with E-state index in [0.29, 0.717) is 13.9 Å². The number of benzene rings is 1. The highest BCUT2D eigenvalue weighted by atomic mass is 79.9. The van der Waals surface area contributed by atoms with Crippen molar-refractivity contribution in [2.75, 3.05) is 19.5 Å². The Hall–Kier alpha value is -2.35. The van der Waals surface area contributed by atoms with Crippen molar-refractivity contribution in [3.05, 3.63) is 55.0 Å². The van der Waals surface area contributed by atoms with E-state index >= 15 is 0 Å². The number of rotatable bonds is 5. The van der Waals surface area contributed by atoms with Crippen LogP contribution in [0, 0.1) is 0 Å². The van der Waals surface area contributed by atoms with Crippen LogP contribution in [-0.4, -0.2) is 34.7 Å². The molecule has 3 heterocycles. The number of aromatic nitrogens is 3. The van der Waals surface area contributed by atoms with Gasteiger partial charge in [0.25, 0.3) is 5.91 Å². The van der Waals surface area contributed by atoms with Crippen molar-refractivity contribution in [1.82, 2.24) is 14.6 Å². The van der Waals surface area contributed by atoms with E-state index in [1.54, 1.807) is 11.4 Å². The van der Waals surface area contributed by atoms with Gasteiger partial charge in [0.05, 0.1) is 40.0 Å². The highest BCUT2D eigenvalue weighted by molar-refractivity contribution is 9.11. The molecule has 0 aliphatic carbocycles. The quantitative estimate of drug-likeness (QED) is 0.256. The molecular weight excluding hydrogens is 629 g/mol. The van der Waals surface area contributed by atoms with Crippen molar-refractivity contribution in [2.45, 2.75) is 6.18 Å². The fourth-order valence-electron chi connectivity index (χ4n) is 3.05. The van der Waals surface area contributed by atoms with Gasteiger partial charge >= 0.3 is 6.18 Å². The molecule has 7 nitrogen and oxygen atoms in total. The molecule has 0 atom stereocenters. The zero-order chi connectivity index (χ0) is 24.8. The van der Waals surface area contributed by atoms with Crippen molar-refractivity contribution in [3.8, 4) is 22.1 Å². The maximum Gasteiger partial charge on any atom is 0.433 e. The first-order valence-electron chi connectivity index (χ1n) is 9.17. The molecule has 0 fully saturated rings. The molecule has 1 N–H and O–H groups in total. The molecule has 0 aliphatic rings. The van der Waals surface area contributed by atoms with Crippen LogP contribution in [0.1, 0.15) is 16.2 Å². The summed E-state index contributed by atoms with van der Waals surface area (Å²) in [6, 6.07) is 5.40. The first-order chi connectivity index (χ1) is 16.0. The lowest BCUT2D eigenvalue weighted by Crippen LogP contribution is -2.16. The van der Waals surface area contributed by atoms with Crippen molar-refractivity contribution < 1.29 is 27.4 Å². The Bertz CT molecular complexity index is 1420. The van der Waals surface area contributed by atoms with Gasteiger partial charge in [-0.3, -0.25) is 4.79 Å². The third kappa shape index (κ3) is 4.61. The van der Waals surface area contributed by atoms with Gasteiger partial charge in [-0.1, -0.05) is 11.6 Å². The van der Waals surface area contributed by atoms with Crippen LogP contribution in [0.5, 0.6) is 11.5 Å². The molecule has 0 unspecified atom stereocenters. The Balaban J connectivity index is 1.83. The molecule has 1 aromatic carbocycles. The van der Waals surface area contributed by atoms with Crippen LogP contribution in [0.2, 0.25) is 5.02 Å². The highest BCUT2D eigenvalue weighted by Crippen LogP contribution is 2.38. The molecule has 1 amide bonds. The number of hydrogen-bond donors (Lipinski definition) is 1. The van der Waals surface area contributed by atoms with E-state index in [-0.39, 0.29) is 43.7 Å². The van der Waals surface area contributed by atoms with Gasteiger partial charge in [-0.15, -0.1) is 11.3 Å². The number of methoxy groups -OCH3 is 2.